The fourth-order valence-electron chi connectivity index (χ4n) is 1.35. The Bertz CT molecular complexity index is 406. The SMILES string of the molecule is C=C(C)CN(CC)C(=O)Nc1nc(C)c(C)s1. The van der Waals surface area contributed by atoms with Gasteiger partial charge in [-0.2, -0.15) is 0 Å². The molecule has 1 aromatic heterocycles. The van der Waals surface area contributed by atoms with Crippen molar-refractivity contribution in [2.75, 3.05) is 18.4 Å². The highest BCUT2D eigenvalue weighted by Crippen LogP contribution is 2.21. The lowest BCUT2D eigenvalue weighted by atomic mass is 10.3. The van der Waals surface area contributed by atoms with Gasteiger partial charge in [-0.1, -0.05) is 12.2 Å². The van der Waals surface area contributed by atoms with Crippen LogP contribution >= 0.6 is 11.3 Å². The summed E-state index contributed by atoms with van der Waals surface area (Å²) in [5, 5.41) is 3.47. The standard InChI is InChI=1S/C12H19N3OS/c1-6-15(7-8(2)3)12(16)14-11-13-9(4)10(5)17-11/h2,6-7H2,1,3-5H3,(H,13,14,16). The van der Waals surface area contributed by atoms with Crippen molar-refractivity contribution in [2.24, 2.45) is 0 Å². The van der Waals surface area contributed by atoms with Crippen LogP contribution in [-0.4, -0.2) is 29.0 Å². The smallest absolute Gasteiger partial charge is 0.321 e. The molecule has 94 valence electrons. The molecule has 1 N–H and O–H groups in total. The van der Waals surface area contributed by atoms with Crippen LogP contribution in [0.1, 0.15) is 24.4 Å². The molecular weight excluding hydrogens is 234 g/mol. The first kappa shape index (κ1) is 13.7. The summed E-state index contributed by atoms with van der Waals surface area (Å²) in [7, 11) is 0. The molecule has 0 bridgehead atoms. The number of carbonyl (C=O) groups excluding carboxylic acids is 1. The molecule has 4 nitrogen and oxygen atoms in total. The van der Waals surface area contributed by atoms with Gasteiger partial charge >= 0.3 is 6.03 Å². The third-order valence-corrected chi connectivity index (χ3v) is 3.36. The number of aryl methyl sites for hydroxylation is 2. The molecule has 2 amide bonds. The Balaban J connectivity index is 2.66. The van der Waals surface area contributed by atoms with Crippen LogP contribution in [-0.2, 0) is 0 Å². The van der Waals surface area contributed by atoms with E-state index in [4.69, 9.17) is 0 Å². The Hall–Kier alpha value is -1.36. The lowest BCUT2D eigenvalue weighted by Crippen LogP contribution is -2.35. The predicted octanol–water partition coefficient (Wildman–Crippen LogP) is 3.19. The van der Waals surface area contributed by atoms with E-state index in [0.29, 0.717) is 18.2 Å². The van der Waals surface area contributed by atoms with E-state index in [9.17, 15) is 4.79 Å². The molecule has 0 saturated carbocycles. The van der Waals surface area contributed by atoms with Crippen LogP contribution in [0.25, 0.3) is 0 Å². The second-order valence-corrected chi connectivity index (χ2v) is 5.27. The monoisotopic (exact) mass is 253 g/mol. The molecule has 17 heavy (non-hydrogen) atoms. The molecule has 0 saturated heterocycles. The number of rotatable bonds is 4. The van der Waals surface area contributed by atoms with E-state index in [1.54, 1.807) is 4.90 Å². The van der Waals surface area contributed by atoms with Gasteiger partial charge in [0.15, 0.2) is 5.13 Å². The fraction of sp³-hybridized carbons (Fsp3) is 0.500. The second-order valence-electron chi connectivity index (χ2n) is 4.06. The summed E-state index contributed by atoms with van der Waals surface area (Å²) in [5.74, 6) is 0. The van der Waals surface area contributed by atoms with Gasteiger partial charge in [-0.25, -0.2) is 9.78 Å². The van der Waals surface area contributed by atoms with Gasteiger partial charge in [0.25, 0.3) is 0 Å². The number of likely N-dealkylation sites (N-methyl/N-ethyl adjacent to an activating group) is 1. The highest BCUT2D eigenvalue weighted by molar-refractivity contribution is 7.15. The Kier molecular flexibility index (Phi) is 4.69. The lowest BCUT2D eigenvalue weighted by Gasteiger charge is -2.20. The van der Waals surface area contributed by atoms with Crippen molar-refractivity contribution >= 4 is 22.5 Å². The summed E-state index contributed by atoms with van der Waals surface area (Å²) in [6.07, 6.45) is 0. The van der Waals surface area contributed by atoms with Crippen LogP contribution in [0.2, 0.25) is 0 Å². The second kappa shape index (κ2) is 5.82. The lowest BCUT2D eigenvalue weighted by molar-refractivity contribution is 0.218. The molecule has 0 unspecified atom stereocenters. The van der Waals surface area contributed by atoms with E-state index >= 15 is 0 Å². The molecule has 5 heteroatoms. The summed E-state index contributed by atoms with van der Waals surface area (Å²) >= 11 is 1.50. The molecule has 0 aliphatic carbocycles. The summed E-state index contributed by atoms with van der Waals surface area (Å²) in [5.41, 5.74) is 1.93. The van der Waals surface area contributed by atoms with Crippen LogP contribution in [0.3, 0.4) is 0 Å². The maximum Gasteiger partial charge on any atom is 0.323 e. The molecule has 0 aliphatic rings. The van der Waals surface area contributed by atoms with Crippen molar-refractivity contribution in [3.8, 4) is 0 Å². The predicted molar refractivity (Wildman–Crippen MR) is 72.7 cm³/mol. The van der Waals surface area contributed by atoms with Crippen molar-refractivity contribution in [1.82, 2.24) is 9.88 Å². The minimum Gasteiger partial charge on any atom is -0.321 e. The first-order valence-electron chi connectivity index (χ1n) is 5.58. The van der Waals surface area contributed by atoms with Gasteiger partial charge < -0.3 is 4.90 Å². The first-order chi connectivity index (χ1) is 7.93. The third kappa shape index (κ3) is 3.85. The molecule has 0 aromatic carbocycles. The van der Waals surface area contributed by atoms with Crippen LogP contribution in [0.4, 0.5) is 9.93 Å². The third-order valence-electron chi connectivity index (χ3n) is 2.37. The largest absolute Gasteiger partial charge is 0.323 e. The van der Waals surface area contributed by atoms with Crippen LogP contribution in [0.15, 0.2) is 12.2 Å². The number of carbonyl (C=O) groups is 1. The number of amides is 2. The van der Waals surface area contributed by atoms with Gasteiger partial charge in [-0.05, 0) is 27.7 Å². The van der Waals surface area contributed by atoms with Crippen molar-refractivity contribution in [2.45, 2.75) is 27.7 Å². The zero-order valence-corrected chi connectivity index (χ0v) is 11.6. The Morgan fingerprint density at radius 2 is 2.18 bits per heavy atom. The van der Waals surface area contributed by atoms with Gasteiger partial charge in [0.1, 0.15) is 0 Å². The maximum absolute atomic E-state index is 11.9. The van der Waals surface area contributed by atoms with Gasteiger partial charge in [-0.3, -0.25) is 5.32 Å². The topological polar surface area (TPSA) is 45.2 Å². The number of anilines is 1. The average molecular weight is 253 g/mol. The number of thiazole rings is 1. The van der Waals surface area contributed by atoms with Gasteiger partial charge in [0.05, 0.1) is 5.69 Å². The van der Waals surface area contributed by atoms with E-state index in [-0.39, 0.29) is 6.03 Å². The summed E-state index contributed by atoms with van der Waals surface area (Å²) in [6.45, 7) is 12.8. The normalized spacial score (nSPS) is 10.1. The average Bonchev–Trinajstić information content (AvgIpc) is 2.54. The number of urea groups is 1. The highest BCUT2D eigenvalue weighted by Gasteiger charge is 2.13. The molecule has 0 aliphatic heterocycles. The van der Waals surface area contributed by atoms with Crippen LogP contribution < -0.4 is 5.32 Å². The maximum atomic E-state index is 11.9. The highest BCUT2D eigenvalue weighted by atomic mass is 32.1. The zero-order chi connectivity index (χ0) is 13.0. The molecule has 0 spiro atoms. The van der Waals surface area contributed by atoms with E-state index < -0.39 is 0 Å². The Morgan fingerprint density at radius 3 is 2.59 bits per heavy atom. The molecule has 0 atom stereocenters. The number of hydrogen-bond donors (Lipinski definition) is 1. The van der Waals surface area contributed by atoms with Crippen molar-refractivity contribution in [1.29, 1.82) is 0 Å². The number of nitrogens with one attached hydrogen (secondary N) is 1. The van der Waals surface area contributed by atoms with Gasteiger partial charge in [-0.15, -0.1) is 11.3 Å². The molecule has 1 aromatic rings. The Morgan fingerprint density at radius 1 is 1.53 bits per heavy atom. The van der Waals surface area contributed by atoms with E-state index in [1.807, 2.05) is 27.7 Å². The van der Waals surface area contributed by atoms with Crippen molar-refractivity contribution < 1.29 is 4.79 Å². The minimum atomic E-state index is -0.121. The molecule has 1 rings (SSSR count). The number of hydrogen-bond acceptors (Lipinski definition) is 3. The van der Waals surface area contributed by atoms with Crippen LogP contribution in [0, 0.1) is 13.8 Å². The van der Waals surface area contributed by atoms with Gasteiger partial charge in [0, 0.05) is 18.0 Å². The molecule has 0 fully saturated rings. The summed E-state index contributed by atoms with van der Waals surface area (Å²) in [6, 6.07) is -0.121. The molecular formula is C12H19N3OS. The molecule has 0 radical (unpaired) electrons. The first-order valence-corrected chi connectivity index (χ1v) is 6.40. The van der Waals surface area contributed by atoms with Crippen molar-refractivity contribution in [3.05, 3.63) is 22.7 Å². The summed E-state index contributed by atoms with van der Waals surface area (Å²) in [4.78, 5) is 19.1. The minimum absolute atomic E-state index is 0.121. The quantitative estimate of drug-likeness (QED) is 0.838. The van der Waals surface area contributed by atoms with Gasteiger partial charge in [0.2, 0.25) is 0 Å². The number of nitrogens with zero attached hydrogens (tertiary/aromatic N) is 2. The van der Waals surface area contributed by atoms with E-state index in [0.717, 1.165) is 16.1 Å². The Labute approximate surface area is 106 Å². The van der Waals surface area contributed by atoms with E-state index in [2.05, 4.69) is 16.9 Å². The van der Waals surface area contributed by atoms with Crippen LogP contribution in [0.5, 0.6) is 0 Å². The molecule has 1 heterocycles. The van der Waals surface area contributed by atoms with E-state index in [1.165, 1.54) is 11.3 Å². The number of aromatic nitrogens is 1. The fourth-order valence-corrected chi connectivity index (χ4v) is 2.15. The van der Waals surface area contributed by atoms with Crippen molar-refractivity contribution in [3.63, 3.8) is 0 Å². The zero-order valence-electron chi connectivity index (χ0n) is 10.8. The summed E-state index contributed by atoms with van der Waals surface area (Å²) < 4.78 is 0.